The van der Waals surface area contributed by atoms with E-state index < -0.39 is 9.05 Å². The Labute approximate surface area is 124 Å². The molecule has 0 spiro atoms. The Bertz CT molecular complexity index is 461. The second-order valence-electron chi connectivity index (χ2n) is 5.67. The summed E-state index contributed by atoms with van der Waals surface area (Å²) in [6, 6.07) is 4.08. The fourth-order valence-corrected chi connectivity index (χ4v) is 3.86. The largest absolute Gasteiger partial charge is 0.381 e. The first kappa shape index (κ1) is 17.0. The van der Waals surface area contributed by atoms with Gasteiger partial charge in [-0.3, -0.25) is 0 Å². The first-order valence-electron chi connectivity index (χ1n) is 6.21. The van der Waals surface area contributed by atoms with Gasteiger partial charge in [0.1, 0.15) is 0 Å². The summed E-state index contributed by atoms with van der Waals surface area (Å²) < 4.78 is 28.1. The highest BCUT2D eigenvalue weighted by molar-refractivity contribution is 8.13. The smallest absolute Gasteiger partial charge is 0.232 e. The number of hydrogen-bond donors (Lipinski definition) is 0. The lowest BCUT2D eigenvalue weighted by molar-refractivity contribution is 0.0676. The van der Waals surface area contributed by atoms with E-state index >= 15 is 0 Å². The Morgan fingerprint density at radius 2 is 2.11 bits per heavy atom. The van der Waals surface area contributed by atoms with Gasteiger partial charge in [0, 0.05) is 27.9 Å². The van der Waals surface area contributed by atoms with E-state index in [0.717, 1.165) is 6.42 Å². The first-order valence-corrected chi connectivity index (χ1v) is 9.57. The van der Waals surface area contributed by atoms with E-state index in [1.165, 1.54) is 4.88 Å². The predicted molar refractivity (Wildman–Crippen MR) is 81.4 cm³/mol. The van der Waals surface area contributed by atoms with E-state index in [-0.39, 0.29) is 17.1 Å². The van der Waals surface area contributed by atoms with Crippen LogP contribution in [-0.2, 0) is 20.2 Å². The molecule has 19 heavy (non-hydrogen) atoms. The molecule has 0 aliphatic carbocycles. The molecule has 1 rings (SSSR count). The highest BCUT2D eigenvalue weighted by atomic mass is 35.7. The van der Waals surface area contributed by atoms with Crippen molar-refractivity contribution in [3.05, 3.63) is 22.4 Å². The molecule has 0 N–H and O–H groups in total. The van der Waals surface area contributed by atoms with Crippen LogP contribution in [0.25, 0.3) is 0 Å². The maximum atomic E-state index is 11.2. The second-order valence-corrected chi connectivity index (χ2v) is 9.53. The minimum atomic E-state index is -3.49. The van der Waals surface area contributed by atoms with Crippen molar-refractivity contribution < 1.29 is 13.2 Å². The van der Waals surface area contributed by atoms with Gasteiger partial charge in [0.15, 0.2) is 0 Å². The van der Waals surface area contributed by atoms with Crippen molar-refractivity contribution in [1.82, 2.24) is 0 Å². The highest BCUT2D eigenvalue weighted by Crippen LogP contribution is 2.28. The maximum Gasteiger partial charge on any atom is 0.232 e. The predicted octanol–water partition coefficient (Wildman–Crippen LogP) is 3.54. The van der Waals surface area contributed by atoms with Gasteiger partial charge in [0.05, 0.1) is 19.0 Å². The van der Waals surface area contributed by atoms with Crippen molar-refractivity contribution in [1.29, 1.82) is 0 Å². The summed E-state index contributed by atoms with van der Waals surface area (Å²) >= 11 is 1.70. The summed E-state index contributed by atoms with van der Waals surface area (Å²) in [7, 11) is 1.85. The molecule has 0 saturated carbocycles. The third kappa shape index (κ3) is 7.30. The van der Waals surface area contributed by atoms with E-state index in [4.69, 9.17) is 15.4 Å². The molecule has 0 fully saturated rings. The van der Waals surface area contributed by atoms with Crippen molar-refractivity contribution in [2.75, 3.05) is 19.0 Å². The zero-order chi connectivity index (χ0) is 14.5. The van der Waals surface area contributed by atoms with Crippen LogP contribution < -0.4 is 0 Å². The zero-order valence-corrected chi connectivity index (χ0v) is 13.9. The lowest BCUT2D eigenvalue weighted by Crippen LogP contribution is -2.31. The number of thiophene rings is 1. The zero-order valence-electron chi connectivity index (χ0n) is 11.6. The molecule has 0 aliphatic rings. The quantitative estimate of drug-likeness (QED) is 0.569. The molecule has 0 bridgehead atoms. The van der Waals surface area contributed by atoms with E-state index in [0.29, 0.717) is 13.2 Å². The molecule has 1 unspecified atom stereocenters. The standard InChI is InChI=1S/C13H21ClO3S2/c1-13(2,3)11(10-19(14,15)16)9-17-7-6-12-5-4-8-18-12/h4-5,8,11H,6-7,9-10H2,1-3H3. The fraction of sp³-hybridized carbons (Fsp3) is 0.692. The van der Waals surface area contributed by atoms with Gasteiger partial charge in [-0.1, -0.05) is 26.8 Å². The molecule has 6 heteroatoms. The molecule has 0 aromatic carbocycles. The highest BCUT2D eigenvalue weighted by Gasteiger charge is 2.29. The Morgan fingerprint density at radius 1 is 1.42 bits per heavy atom. The molecule has 0 saturated heterocycles. The first-order chi connectivity index (χ1) is 8.68. The Kier molecular flexibility index (Phi) is 6.30. The molecule has 0 aliphatic heterocycles. The SMILES string of the molecule is CC(C)(C)C(COCCc1cccs1)CS(=O)(=O)Cl. The summed E-state index contributed by atoms with van der Waals surface area (Å²) in [5, 5.41) is 2.04. The molecule has 3 nitrogen and oxygen atoms in total. The molecular weight excluding hydrogens is 304 g/mol. The molecule has 1 atom stereocenters. The van der Waals surface area contributed by atoms with Crippen LogP contribution in [0.5, 0.6) is 0 Å². The van der Waals surface area contributed by atoms with Gasteiger partial charge in [-0.05, 0) is 16.9 Å². The van der Waals surface area contributed by atoms with Crippen LogP contribution >= 0.6 is 22.0 Å². The lowest BCUT2D eigenvalue weighted by Gasteiger charge is -2.29. The van der Waals surface area contributed by atoms with Gasteiger partial charge < -0.3 is 4.74 Å². The van der Waals surface area contributed by atoms with Gasteiger partial charge in [0.2, 0.25) is 9.05 Å². The van der Waals surface area contributed by atoms with Crippen molar-refractivity contribution in [2.45, 2.75) is 27.2 Å². The van der Waals surface area contributed by atoms with Gasteiger partial charge in [-0.15, -0.1) is 11.3 Å². The van der Waals surface area contributed by atoms with Crippen molar-refractivity contribution in [2.24, 2.45) is 11.3 Å². The van der Waals surface area contributed by atoms with Crippen LogP contribution in [0.2, 0.25) is 0 Å². The minimum absolute atomic E-state index is 0.0446. The number of hydrogen-bond acceptors (Lipinski definition) is 4. The molecule has 1 heterocycles. The lowest BCUT2D eigenvalue weighted by atomic mass is 9.82. The normalized spacial score (nSPS) is 14.5. The van der Waals surface area contributed by atoms with Crippen LogP contribution in [0.15, 0.2) is 17.5 Å². The maximum absolute atomic E-state index is 11.2. The van der Waals surface area contributed by atoms with E-state index in [9.17, 15) is 8.42 Å². The average molecular weight is 325 g/mol. The monoisotopic (exact) mass is 324 g/mol. The summed E-state index contributed by atoms with van der Waals surface area (Å²) in [6.07, 6.45) is 0.863. The minimum Gasteiger partial charge on any atom is -0.381 e. The number of ether oxygens (including phenoxy) is 1. The number of rotatable bonds is 7. The van der Waals surface area contributed by atoms with Crippen molar-refractivity contribution >= 4 is 31.1 Å². The fourth-order valence-electron chi connectivity index (χ4n) is 1.64. The third-order valence-electron chi connectivity index (χ3n) is 3.02. The summed E-state index contributed by atoms with van der Waals surface area (Å²) in [6.45, 7) is 7.03. The van der Waals surface area contributed by atoms with E-state index in [1.54, 1.807) is 11.3 Å². The van der Waals surface area contributed by atoms with Gasteiger partial charge in [-0.25, -0.2) is 8.42 Å². The van der Waals surface area contributed by atoms with Crippen LogP contribution in [0.3, 0.4) is 0 Å². The third-order valence-corrected chi connectivity index (χ3v) is 5.13. The average Bonchev–Trinajstić information content (AvgIpc) is 2.72. The Morgan fingerprint density at radius 3 is 2.58 bits per heavy atom. The second kappa shape index (κ2) is 7.07. The molecular formula is C13H21ClO3S2. The van der Waals surface area contributed by atoms with E-state index in [1.807, 2.05) is 32.2 Å². The summed E-state index contributed by atoms with van der Waals surface area (Å²) in [5.41, 5.74) is -0.148. The van der Waals surface area contributed by atoms with Crippen LogP contribution in [0, 0.1) is 11.3 Å². The molecule has 110 valence electrons. The van der Waals surface area contributed by atoms with Crippen LogP contribution in [0.1, 0.15) is 25.6 Å². The number of halogens is 1. The van der Waals surface area contributed by atoms with Gasteiger partial charge >= 0.3 is 0 Å². The topological polar surface area (TPSA) is 43.4 Å². The Hall–Kier alpha value is -0.100. The molecule has 0 amide bonds. The van der Waals surface area contributed by atoms with Crippen molar-refractivity contribution in [3.63, 3.8) is 0 Å². The summed E-state index contributed by atoms with van der Waals surface area (Å²) in [5.74, 6) is -0.143. The molecule has 1 aromatic rings. The van der Waals surface area contributed by atoms with Crippen molar-refractivity contribution in [3.8, 4) is 0 Å². The van der Waals surface area contributed by atoms with E-state index in [2.05, 4.69) is 6.07 Å². The molecule has 0 radical (unpaired) electrons. The van der Waals surface area contributed by atoms with Crippen LogP contribution in [0.4, 0.5) is 0 Å². The molecule has 1 aromatic heterocycles. The van der Waals surface area contributed by atoms with Gasteiger partial charge in [0.25, 0.3) is 0 Å². The van der Waals surface area contributed by atoms with Gasteiger partial charge in [-0.2, -0.15) is 0 Å². The Balaban J connectivity index is 2.41. The summed E-state index contributed by atoms with van der Waals surface area (Å²) in [4.78, 5) is 1.28. The van der Waals surface area contributed by atoms with Crippen LogP contribution in [-0.4, -0.2) is 27.4 Å².